The number of rotatable bonds is 3. The zero-order chi connectivity index (χ0) is 13.2. The molecule has 1 amide bonds. The van der Waals surface area contributed by atoms with Crippen molar-refractivity contribution >= 4 is 11.5 Å². The zero-order valence-corrected chi connectivity index (χ0v) is 10.8. The van der Waals surface area contributed by atoms with Crippen molar-refractivity contribution in [1.29, 1.82) is 0 Å². The van der Waals surface area contributed by atoms with Crippen molar-refractivity contribution in [3.63, 3.8) is 0 Å². The van der Waals surface area contributed by atoms with Crippen molar-refractivity contribution in [2.75, 3.05) is 13.2 Å². The molecule has 1 aliphatic carbocycles. The van der Waals surface area contributed by atoms with E-state index in [0.717, 1.165) is 18.6 Å². The summed E-state index contributed by atoms with van der Waals surface area (Å²) in [6.07, 6.45) is 4.79. The maximum atomic E-state index is 10.7. The molecule has 2 aliphatic rings. The van der Waals surface area contributed by atoms with Gasteiger partial charge in [-0.15, -0.1) is 0 Å². The molecule has 0 atom stereocenters. The fourth-order valence-electron chi connectivity index (χ4n) is 2.73. The summed E-state index contributed by atoms with van der Waals surface area (Å²) in [4.78, 5) is 10.7. The van der Waals surface area contributed by atoms with Crippen LogP contribution in [0.1, 0.15) is 31.2 Å². The summed E-state index contributed by atoms with van der Waals surface area (Å²) in [6.45, 7) is 0.578. The minimum atomic E-state index is -0.476. The second-order valence-corrected chi connectivity index (χ2v) is 4.99. The standard InChI is InChI=1S/C15H17NO3/c16-15(17)9-18-11-5-6-13-12-4-2-1-3-10(12)8-19-14(13)7-11/h5-7H,1-4,8-9H2,(H2,16,17). The third kappa shape index (κ3) is 2.43. The van der Waals surface area contributed by atoms with Crippen molar-refractivity contribution in [2.24, 2.45) is 5.73 Å². The number of primary amides is 1. The fraction of sp³-hybridized carbons (Fsp3) is 0.400. The molecule has 0 fully saturated rings. The van der Waals surface area contributed by atoms with Gasteiger partial charge in [-0.25, -0.2) is 0 Å². The zero-order valence-electron chi connectivity index (χ0n) is 10.8. The Kier molecular flexibility index (Phi) is 3.15. The number of hydrogen-bond acceptors (Lipinski definition) is 3. The molecule has 1 aromatic carbocycles. The van der Waals surface area contributed by atoms with Gasteiger partial charge in [0.05, 0.1) is 0 Å². The van der Waals surface area contributed by atoms with Crippen LogP contribution in [0.15, 0.2) is 23.8 Å². The van der Waals surface area contributed by atoms with E-state index in [0.29, 0.717) is 12.4 Å². The first-order valence-electron chi connectivity index (χ1n) is 6.63. The number of hydrogen-bond donors (Lipinski definition) is 1. The maximum Gasteiger partial charge on any atom is 0.255 e. The topological polar surface area (TPSA) is 61.6 Å². The third-order valence-corrected chi connectivity index (χ3v) is 3.64. The minimum Gasteiger partial charge on any atom is -0.488 e. The molecule has 4 nitrogen and oxygen atoms in total. The number of fused-ring (bicyclic) bond motifs is 2. The van der Waals surface area contributed by atoms with Crippen LogP contribution in [0.3, 0.4) is 0 Å². The van der Waals surface area contributed by atoms with Gasteiger partial charge < -0.3 is 15.2 Å². The highest BCUT2D eigenvalue weighted by molar-refractivity contribution is 5.77. The fourth-order valence-corrected chi connectivity index (χ4v) is 2.73. The van der Waals surface area contributed by atoms with Gasteiger partial charge in [0.1, 0.15) is 18.1 Å². The number of ether oxygens (including phenoxy) is 2. The van der Waals surface area contributed by atoms with E-state index in [1.54, 1.807) is 0 Å². The molecular formula is C15H17NO3. The number of allylic oxidation sites excluding steroid dienone is 1. The summed E-state index contributed by atoms with van der Waals surface area (Å²) >= 11 is 0. The van der Waals surface area contributed by atoms with Crippen molar-refractivity contribution in [2.45, 2.75) is 25.7 Å². The lowest BCUT2D eigenvalue weighted by Gasteiger charge is -2.27. The Morgan fingerprint density at radius 1 is 1.32 bits per heavy atom. The van der Waals surface area contributed by atoms with Gasteiger partial charge in [-0.1, -0.05) is 0 Å². The van der Waals surface area contributed by atoms with Crippen LogP contribution in [0.4, 0.5) is 0 Å². The second kappa shape index (κ2) is 4.96. The normalized spacial score (nSPS) is 17.3. The van der Waals surface area contributed by atoms with Crippen molar-refractivity contribution in [3.05, 3.63) is 29.3 Å². The van der Waals surface area contributed by atoms with Crippen molar-refractivity contribution in [3.8, 4) is 11.5 Å². The van der Waals surface area contributed by atoms with E-state index < -0.39 is 5.91 Å². The average molecular weight is 259 g/mol. The highest BCUT2D eigenvalue weighted by Gasteiger charge is 2.22. The Labute approximate surface area is 112 Å². The third-order valence-electron chi connectivity index (χ3n) is 3.64. The summed E-state index contributed by atoms with van der Waals surface area (Å²) in [5.41, 5.74) is 9.11. The monoisotopic (exact) mass is 259 g/mol. The van der Waals surface area contributed by atoms with Gasteiger partial charge in [-0.3, -0.25) is 4.79 Å². The molecule has 100 valence electrons. The Morgan fingerprint density at radius 2 is 2.16 bits per heavy atom. The molecule has 0 bridgehead atoms. The van der Waals surface area contributed by atoms with Crippen LogP contribution in [-0.4, -0.2) is 19.1 Å². The summed E-state index contributed by atoms with van der Waals surface area (Å²) in [6, 6.07) is 5.73. The number of carbonyl (C=O) groups excluding carboxylic acids is 1. The molecule has 0 radical (unpaired) electrons. The van der Waals surface area contributed by atoms with Gasteiger partial charge in [0.2, 0.25) is 0 Å². The van der Waals surface area contributed by atoms with Crippen LogP contribution >= 0.6 is 0 Å². The molecule has 2 N–H and O–H groups in total. The lowest BCUT2D eigenvalue weighted by molar-refractivity contribution is -0.119. The molecule has 0 saturated heterocycles. The average Bonchev–Trinajstić information content (AvgIpc) is 2.44. The van der Waals surface area contributed by atoms with E-state index in [1.165, 1.54) is 29.6 Å². The van der Waals surface area contributed by atoms with E-state index in [-0.39, 0.29) is 6.61 Å². The van der Waals surface area contributed by atoms with Crippen LogP contribution in [0.25, 0.3) is 5.57 Å². The molecule has 1 aromatic rings. The van der Waals surface area contributed by atoms with Gasteiger partial charge in [0.25, 0.3) is 5.91 Å². The summed E-state index contributed by atoms with van der Waals surface area (Å²) in [7, 11) is 0. The smallest absolute Gasteiger partial charge is 0.255 e. The van der Waals surface area contributed by atoms with Crippen LogP contribution in [0.2, 0.25) is 0 Å². The predicted octanol–water partition coefficient (Wildman–Crippen LogP) is 2.27. The maximum absolute atomic E-state index is 10.7. The number of nitrogens with two attached hydrogens (primary N) is 1. The number of carbonyl (C=O) groups is 1. The van der Waals surface area contributed by atoms with Crippen molar-refractivity contribution in [1.82, 2.24) is 0 Å². The molecular weight excluding hydrogens is 242 g/mol. The highest BCUT2D eigenvalue weighted by atomic mass is 16.5. The minimum absolute atomic E-state index is 0.104. The van der Waals surface area contributed by atoms with Crippen LogP contribution in [0, 0.1) is 0 Å². The van der Waals surface area contributed by atoms with Gasteiger partial charge in [0.15, 0.2) is 6.61 Å². The Morgan fingerprint density at radius 3 is 3.00 bits per heavy atom. The van der Waals surface area contributed by atoms with Gasteiger partial charge in [-0.2, -0.15) is 0 Å². The largest absolute Gasteiger partial charge is 0.488 e. The van der Waals surface area contributed by atoms with E-state index in [1.807, 2.05) is 18.2 Å². The Balaban J connectivity index is 1.87. The van der Waals surface area contributed by atoms with Gasteiger partial charge in [-0.05, 0) is 49.0 Å². The van der Waals surface area contributed by atoms with E-state index in [2.05, 4.69) is 0 Å². The van der Waals surface area contributed by atoms with Gasteiger partial charge >= 0.3 is 0 Å². The lowest BCUT2D eigenvalue weighted by Crippen LogP contribution is -2.20. The van der Waals surface area contributed by atoms with E-state index >= 15 is 0 Å². The number of benzene rings is 1. The first kappa shape index (κ1) is 12.1. The molecule has 4 heteroatoms. The summed E-state index contributed by atoms with van der Waals surface area (Å²) < 4.78 is 11.1. The Hall–Kier alpha value is -1.97. The second-order valence-electron chi connectivity index (χ2n) is 4.99. The van der Waals surface area contributed by atoms with Gasteiger partial charge in [0, 0.05) is 11.6 Å². The molecule has 0 saturated carbocycles. The molecule has 0 aromatic heterocycles. The lowest BCUT2D eigenvalue weighted by atomic mass is 9.86. The molecule has 0 spiro atoms. The van der Waals surface area contributed by atoms with E-state index in [4.69, 9.17) is 15.2 Å². The summed E-state index contributed by atoms with van der Waals surface area (Å²) in [5, 5.41) is 0. The molecule has 0 unspecified atom stereocenters. The first-order valence-corrected chi connectivity index (χ1v) is 6.63. The van der Waals surface area contributed by atoms with Crippen molar-refractivity contribution < 1.29 is 14.3 Å². The predicted molar refractivity (Wildman–Crippen MR) is 72.0 cm³/mol. The Bertz CT molecular complexity index is 548. The molecule has 3 rings (SSSR count). The number of amides is 1. The SMILES string of the molecule is NC(=O)COc1ccc2c(c1)OCC1=C2CCCC1. The first-order chi connectivity index (χ1) is 9.24. The summed E-state index contributed by atoms with van der Waals surface area (Å²) in [5.74, 6) is 0.996. The molecule has 1 heterocycles. The highest BCUT2D eigenvalue weighted by Crippen LogP contribution is 2.41. The van der Waals surface area contributed by atoms with Crippen LogP contribution < -0.4 is 15.2 Å². The van der Waals surface area contributed by atoms with Crippen LogP contribution in [0.5, 0.6) is 11.5 Å². The van der Waals surface area contributed by atoms with E-state index in [9.17, 15) is 4.79 Å². The molecule has 1 aliphatic heterocycles. The molecule has 19 heavy (non-hydrogen) atoms. The quantitative estimate of drug-likeness (QED) is 0.905. The van der Waals surface area contributed by atoms with Crippen LogP contribution in [-0.2, 0) is 4.79 Å².